The van der Waals surface area contributed by atoms with Gasteiger partial charge in [0.15, 0.2) is 0 Å². The molecule has 7 heteroatoms. The zero-order valence-corrected chi connectivity index (χ0v) is 16.4. The average Bonchev–Trinajstić information content (AvgIpc) is 3.26. The Balaban J connectivity index is 1.35. The Morgan fingerprint density at radius 3 is 2.61 bits per heavy atom. The number of rotatable bonds is 7. The minimum atomic E-state index is -0.0506. The summed E-state index contributed by atoms with van der Waals surface area (Å²) in [6.07, 6.45) is 2.97. The highest BCUT2D eigenvalue weighted by Crippen LogP contribution is 2.20. The van der Waals surface area contributed by atoms with Gasteiger partial charge in [0.1, 0.15) is 5.76 Å². The Bertz CT molecular complexity index is 820. The van der Waals surface area contributed by atoms with Crippen molar-refractivity contribution in [1.82, 2.24) is 10.2 Å². The van der Waals surface area contributed by atoms with Crippen LogP contribution < -0.4 is 5.32 Å². The number of hydrogen-bond acceptors (Lipinski definition) is 5. The molecule has 2 amide bonds. The van der Waals surface area contributed by atoms with E-state index < -0.39 is 0 Å². The number of nitriles is 1. The number of furan rings is 1. The molecular weight excluding hydrogens is 374 g/mol. The normalized spacial score (nSPS) is 14.5. The first kappa shape index (κ1) is 20.0. The number of carbonyl (C=O) groups is 2. The van der Waals surface area contributed by atoms with Gasteiger partial charge in [-0.2, -0.15) is 5.26 Å². The van der Waals surface area contributed by atoms with E-state index in [9.17, 15) is 9.59 Å². The van der Waals surface area contributed by atoms with Gasteiger partial charge < -0.3 is 14.6 Å². The second-order valence-electron chi connectivity index (χ2n) is 6.75. The number of thioether (sulfide) groups is 1. The van der Waals surface area contributed by atoms with E-state index in [1.54, 1.807) is 36.2 Å². The number of nitrogens with one attached hydrogen (secondary N) is 1. The van der Waals surface area contributed by atoms with Crippen LogP contribution in [0.25, 0.3) is 0 Å². The van der Waals surface area contributed by atoms with E-state index in [2.05, 4.69) is 11.4 Å². The highest BCUT2D eigenvalue weighted by molar-refractivity contribution is 7.99. The standard InChI is InChI=1S/C21H23N3O3S/c22-12-16-3-5-17(6-4-16)14-28-15-20(25)24-9-7-18(8-10-24)21(26)23-13-19-2-1-11-27-19/h1-6,11,18H,7-10,13-15H2,(H,23,26). The molecular formula is C21H23N3O3S. The topological polar surface area (TPSA) is 86.3 Å². The fraction of sp³-hybridized carbons (Fsp3) is 0.381. The quantitative estimate of drug-likeness (QED) is 0.776. The lowest BCUT2D eigenvalue weighted by Crippen LogP contribution is -2.43. The first-order valence-electron chi connectivity index (χ1n) is 9.30. The van der Waals surface area contributed by atoms with E-state index in [0.717, 1.165) is 17.1 Å². The van der Waals surface area contributed by atoms with Crippen molar-refractivity contribution in [3.05, 3.63) is 59.5 Å². The predicted octanol–water partition coefficient (Wildman–Crippen LogP) is 2.94. The second-order valence-corrected chi connectivity index (χ2v) is 7.74. The van der Waals surface area contributed by atoms with Gasteiger partial charge in [-0.25, -0.2) is 0 Å². The van der Waals surface area contributed by atoms with Crippen LogP contribution in [0.1, 0.15) is 29.7 Å². The third-order valence-corrected chi connectivity index (χ3v) is 5.80. The van der Waals surface area contributed by atoms with Crippen molar-refractivity contribution in [3.8, 4) is 6.07 Å². The summed E-state index contributed by atoms with van der Waals surface area (Å²) < 4.78 is 5.22. The Morgan fingerprint density at radius 2 is 1.96 bits per heavy atom. The minimum absolute atomic E-state index is 0.0266. The van der Waals surface area contributed by atoms with Gasteiger partial charge >= 0.3 is 0 Å². The van der Waals surface area contributed by atoms with Gasteiger partial charge in [-0.15, -0.1) is 11.8 Å². The predicted molar refractivity (Wildman–Crippen MR) is 107 cm³/mol. The molecule has 2 aromatic rings. The zero-order valence-electron chi connectivity index (χ0n) is 15.6. The summed E-state index contributed by atoms with van der Waals surface area (Å²) in [5.41, 5.74) is 1.74. The van der Waals surface area contributed by atoms with Gasteiger partial charge in [-0.3, -0.25) is 9.59 Å². The lowest BCUT2D eigenvalue weighted by atomic mass is 9.96. The van der Waals surface area contributed by atoms with Crippen LogP contribution in [0.3, 0.4) is 0 Å². The maximum Gasteiger partial charge on any atom is 0.232 e. The molecule has 1 aliphatic heterocycles. The molecule has 6 nitrogen and oxygen atoms in total. The molecule has 146 valence electrons. The maximum atomic E-state index is 12.4. The average molecular weight is 398 g/mol. The molecule has 28 heavy (non-hydrogen) atoms. The Morgan fingerprint density at radius 1 is 1.21 bits per heavy atom. The minimum Gasteiger partial charge on any atom is -0.467 e. The molecule has 1 aromatic carbocycles. The van der Waals surface area contributed by atoms with Crippen molar-refractivity contribution in [1.29, 1.82) is 5.26 Å². The second kappa shape index (κ2) is 10.00. The molecule has 2 heterocycles. The maximum absolute atomic E-state index is 12.4. The fourth-order valence-electron chi connectivity index (χ4n) is 3.15. The third-order valence-electron chi connectivity index (χ3n) is 4.81. The first-order chi connectivity index (χ1) is 13.7. The molecule has 0 bridgehead atoms. The van der Waals surface area contributed by atoms with Gasteiger partial charge in [0, 0.05) is 24.8 Å². The van der Waals surface area contributed by atoms with Crippen molar-refractivity contribution < 1.29 is 14.0 Å². The van der Waals surface area contributed by atoms with Crippen LogP contribution in [0, 0.1) is 17.2 Å². The summed E-state index contributed by atoms with van der Waals surface area (Å²) in [5.74, 6) is 2.00. The van der Waals surface area contributed by atoms with Gasteiger partial charge in [-0.05, 0) is 42.7 Å². The number of nitrogens with zero attached hydrogens (tertiary/aromatic N) is 2. The Labute approximate surface area is 168 Å². The molecule has 1 N–H and O–H groups in total. The van der Waals surface area contributed by atoms with Crippen molar-refractivity contribution in [2.45, 2.75) is 25.1 Å². The van der Waals surface area contributed by atoms with Crippen molar-refractivity contribution in [2.24, 2.45) is 5.92 Å². The number of amides is 2. The summed E-state index contributed by atoms with van der Waals surface area (Å²) in [4.78, 5) is 26.5. The molecule has 0 radical (unpaired) electrons. The van der Waals surface area contributed by atoms with Crippen LogP contribution in [0.15, 0.2) is 47.1 Å². The van der Waals surface area contributed by atoms with Crippen LogP contribution in [-0.4, -0.2) is 35.6 Å². The van der Waals surface area contributed by atoms with E-state index in [-0.39, 0.29) is 17.7 Å². The fourth-order valence-corrected chi connectivity index (χ4v) is 4.03. The molecule has 1 aliphatic rings. The molecule has 0 atom stereocenters. The van der Waals surface area contributed by atoms with E-state index in [1.165, 1.54) is 0 Å². The molecule has 0 saturated carbocycles. The van der Waals surface area contributed by atoms with Crippen LogP contribution in [0.2, 0.25) is 0 Å². The Kier molecular flexibility index (Phi) is 7.15. The summed E-state index contributed by atoms with van der Waals surface area (Å²) in [6.45, 7) is 1.64. The van der Waals surface area contributed by atoms with E-state index in [1.807, 2.05) is 23.1 Å². The van der Waals surface area contributed by atoms with E-state index in [4.69, 9.17) is 9.68 Å². The van der Waals surface area contributed by atoms with Gasteiger partial charge in [0.2, 0.25) is 11.8 Å². The Hall–Kier alpha value is -2.72. The van der Waals surface area contributed by atoms with E-state index >= 15 is 0 Å². The molecule has 0 unspecified atom stereocenters. The largest absolute Gasteiger partial charge is 0.467 e. The number of hydrogen-bond donors (Lipinski definition) is 1. The molecule has 1 aromatic heterocycles. The van der Waals surface area contributed by atoms with Crippen LogP contribution in [-0.2, 0) is 21.9 Å². The van der Waals surface area contributed by atoms with Gasteiger partial charge in [0.05, 0.1) is 30.2 Å². The molecule has 3 rings (SSSR count). The number of benzene rings is 1. The van der Waals surface area contributed by atoms with Crippen LogP contribution in [0.4, 0.5) is 0 Å². The van der Waals surface area contributed by atoms with Crippen molar-refractivity contribution in [2.75, 3.05) is 18.8 Å². The molecule has 1 fully saturated rings. The van der Waals surface area contributed by atoms with Crippen LogP contribution in [0.5, 0.6) is 0 Å². The highest BCUT2D eigenvalue weighted by Gasteiger charge is 2.27. The monoisotopic (exact) mass is 397 g/mol. The van der Waals surface area contributed by atoms with Crippen molar-refractivity contribution in [3.63, 3.8) is 0 Å². The van der Waals surface area contributed by atoms with Gasteiger partial charge in [-0.1, -0.05) is 12.1 Å². The summed E-state index contributed by atoms with van der Waals surface area (Å²) in [6, 6.07) is 13.1. The molecule has 1 saturated heterocycles. The summed E-state index contributed by atoms with van der Waals surface area (Å²) >= 11 is 1.57. The number of likely N-dealkylation sites (tertiary alicyclic amines) is 1. The highest BCUT2D eigenvalue weighted by atomic mass is 32.2. The number of piperidine rings is 1. The van der Waals surface area contributed by atoms with E-state index in [0.29, 0.717) is 43.8 Å². The third kappa shape index (κ3) is 5.64. The smallest absolute Gasteiger partial charge is 0.232 e. The molecule has 0 spiro atoms. The SMILES string of the molecule is N#Cc1ccc(CSCC(=O)N2CCC(C(=O)NCc3ccco3)CC2)cc1. The van der Waals surface area contributed by atoms with Gasteiger partial charge in [0.25, 0.3) is 0 Å². The number of carbonyl (C=O) groups excluding carboxylic acids is 2. The summed E-state index contributed by atoms with van der Waals surface area (Å²) in [5, 5.41) is 11.7. The van der Waals surface area contributed by atoms with Crippen LogP contribution >= 0.6 is 11.8 Å². The molecule has 0 aliphatic carbocycles. The lowest BCUT2D eigenvalue weighted by molar-refractivity contribution is -0.133. The summed E-state index contributed by atoms with van der Waals surface area (Å²) in [7, 11) is 0. The first-order valence-corrected chi connectivity index (χ1v) is 10.5. The lowest BCUT2D eigenvalue weighted by Gasteiger charge is -2.31. The van der Waals surface area contributed by atoms with Crippen molar-refractivity contribution >= 4 is 23.6 Å². The zero-order chi connectivity index (χ0) is 19.8.